The van der Waals surface area contributed by atoms with E-state index >= 15 is 0 Å². The summed E-state index contributed by atoms with van der Waals surface area (Å²) in [7, 11) is 1.47. The largest absolute Gasteiger partial charge is 0.493 e. The highest BCUT2D eigenvalue weighted by Crippen LogP contribution is 2.29. The maximum absolute atomic E-state index is 12.4. The number of nitro groups is 1. The molecule has 3 rings (SSSR count). The van der Waals surface area contributed by atoms with Crippen LogP contribution in [-0.2, 0) is 6.61 Å². The number of carbonyl (C=O) groups excluding carboxylic acids is 1. The second kappa shape index (κ2) is 10.9. The van der Waals surface area contributed by atoms with Gasteiger partial charge in [0.1, 0.15) is 12.4 Å². The molecular formula is C24H19F2NO6. The van der Waals surface area contributed by atoms with E-state index in [1.54, 1.807) is 36.4 Å². The highest BCUT2D eigenvalue weighted by atomic mass is 19.3. The van der Waals surface area contributed by atoms with Gasteiger partial charge in [0.15, 0.2) is 17.3 Å². The standard InChI is InChI=1S/C24H19F2NO6/c1-31-23-13-16(7-11-21(28)18-3-2-4-20(14-18)33-24(25)26)8-12-22(23)32-15-17-5-9-19(10-6-17)27(29)30/h2-14,24H,15H2,1H3/b11-7+. The van der Waals surface area contributed by atoms with E-state index < -0.39 is 11.5 Å². The molecule has 3 aromatic carbocycles. The summed E-state index contributed by atoms with van der Waals surface area (Å²) in [5.41, 5.74) is 1.60. The van der Waals surface area contributed by atoms with Crippen LogP contribution in [0, 0.1) is 10.1 Å². The van der Waals surface area contributed by atoms with Crippen molar-refractivity contribution in [1.82, 2.24) is 0 Å². The van der Waals surface area contributed by atoms with Gasteiger partial charge in [-0.1, -0.05) is 24.3 Å². The highest BCUT2D eigenvalue weighted by molar-refractivity contribution is 6.07. The third kappa shape index (κ3) is 6.60. The summed E-state index contributed by atoms with van der Waals surface area (Å²) < 4.78 is 40.1. The van der Waals surface area contributed by atoms with Crippen molar-refractivity contribution in [2.75, 3.05) is 7.11 Å². The molecule has 0 radical (unpaired) electrons. The molecule has 0 saturated heterocycles. The van der Waals surface area contributed by atoms with Crippen LogP contribution in [-0.4, -0.2) is 24.4 Å². The van der Waals surface area contributed by atoms with Gasteiger partial charge in [-0.3, -0.25) is 14.9 Å². The van der Waals surface area contributed by atoms with Crippen LogP contribution in [0.3, 0.4) is 0 Å². The lowest BCUT2D eigenvalue weighted by atomic mass is 10.1. The minimum absolute atomic E-state index is 0.00436. The summed E-state index contributed by atoms with van der Waals surface area (Å²) in [5.74, 6) is 0.405. The number of nitro benzene ring substituents is 1. The smallest absolute Gasteiger partial charge is 0.387 e. The van der Waals surface area contributed by atoms with E-state index in [1.807, 2.05) is 0 Å². The molecule has 170 valence electrons. The minimum atomic E-state index is -2.97. The van der Waals surface area contributed by atoms with Crippen molar-refractivity contribution in [2.24, 2.45) is 0 Å². The molecule has 0 amide bonds. The van der Waals surface area contributed by atoms with Crippen LogP contribution in [0.25, 0.3) is 6.08 Å². The zero-order valence-corrected chi connectivity index (χ0v) is 17.4. The number of rotatable bonds is 10. The molecule has 0 aliphatic carbocycles. The van der Waals surface area contributed by atoms with Crippen molar-refractivity contribution in [1.29, 1.82) is 0 Å². The molecule has 0 aromatic heterocycles. The van der Waals surface area contributed by atoms with Gasteiger partial charge in [-0.15, -0.1) is 0 Å². The van der Waals surface area contributed by atoms with Crippen LogP contribution in [0.15, 0.2) is 72.8 Å². The molecule has 0 aliphatic heterocycles. The fourth-order valence-corrected chi connectivity index (χ4v) is 2.88. The summed E-state index contributed by atoms with van der Waals surface area (Å²) >= 11 is 0. The Kier molecular flexibility index (Phi) is 7.69. The fraction of sp³-hybridized carbons (Fsp3) is 0.125. The Labute approximate surface area is 188 Å². The summed E-state index contributed by atoms with van der Waals surface area (Å²) in [6, 6.07) is 16.6. The summed E-state index contributed by atoms with van der Waals surface area (Å²) in [4.78, 5) is 22.6. The number of ether oxygens (including phenoxy) is 3. The Balaban J connectivity index is 1.67. The topological polar surface area (TPSA) is 87.9 Å². The summed E-state index contributed by atoms with van der Waals surface area (Å²) in [6.07, 6.45) is 2.87. The molecule has 0 unspecified atom stereocenters. The molecule has 0 aliphatic rings. The Bertz CT molecular complexity index is 1160. The van der Waals surface area contributed by atoms with Gasteiger partial charge < -0.3 is 14.2 Å². The van der Waals surface area contributed by atoms with Gasteiger partial charge in [-0.25, -0.2) is 0 Å². The van der Waals surface area contributed by atoms with Gasteiger partial charge in [0, 0.05) is 17.7 Å². The highest BCUT2D eigenvalue weighted by Gasteiger charge is 2.10. The van der Waals surface area contributed by atoms with Crippen molar-refractivity contribution in [3.8, 4) is 17.2 Å². The molecule has 0 atom stereocenters. The predicted molar refractivity (Wildman–Crippen MR) is 117 cm³/mol. The molecule has 9 heteroatoms. The molecular weight excluding hydrogens is 436 g/mol. The Morgan fingerprint density at radius 2 is 1.82 bits per heavy atom. The van der Waals surface area contributed by atoms with Crippen LogP contribution in [0.5, 0.6) is 17.2 Å². The number of hydrogen-bond acceptors (Lipinski definition) is 6. The number of methoxy groups -OCH3 is 1. The minimum Gasteiger partial charge on any atom is -0.493 e. The van der Waals surface area contributed by atoms with Crippen molar-refractivity contribution in [3.63, 3.8) is 0 Å². The number of benzene rings is 3. The molecule has 3 aromatic rings. The molecule has 0 N–H and O–H groups in total. The lowest BCUT2D eigenvalue weighted by Crippen LogP contribution is -2.03. The van der Waals surface area contributed by atoms with Crippen molar-refractivity contribution in [3.05, 3.63) is 99.6 Å². The predicted octanol–water partition coefficient (Wildman–Crippen LogP) is 5.68. The Hall–Kier alpha value is -4.27. The fourth-order valence-electron chi connectivity index (χ4n) is 2.88. The summed E-state index contributed by atoms with van der Waals surface area (Å²) in [6.45, 7) is -2.79. The molecule has 33 heavy (non-hydrogen) atoms. The Morgan fingerprint density at radius 1 is 1.06 bits per heavy atom. The monoisotopic (exact) mass is 455 g/mol. The number of allylic oxidation sites excluding steroid dienone is 1. The molecule has 0 bridgehead atoms. The van der Waals surface area contributed by atoms with E-state index in [0.717, 1.165) is 5.56 Å². The van der Waals surface area contributed by atoms with Crippen LogP contribution >= 0.6 is 0 Å². The van der Waals surface area contributed by atoms with E-state index in [-0.39, 0.29) is 29.4 Å². The second-order valence-corrected chi connectivity index (χ2v) is 6.73. The maximum atomic E-state index is 12.4. The van der Waals surface area contributed by atoms with Gasteiger partial charge in [0.05, 0.1) is 12.0 Å². The number of ketones is 1. The van der Waals surface area contributed by atoms with Gasteiger partial charge in [-0.2, -0.15) is 8.78 Å². The lowest BCUT2D eigenvalue weighted by molar-refractivity contribution is -0.384. The third-order valence-corrected chi connectivity index (χ3v) is 4.50. The molecule has 0 fully saturated rings. The first kappa shape index (κ1) is 23.4. The first-order valence-electron chi connectivity index (χ1n) is 9.67. The first-order chi connectivity index (χ1) is 15.9. The van der Waals surface area contributed by atoms with Crippen molar-refractivity contribution in [2.45, 2.75) is 13.2 Å². The van der Waals surface area contributed by atoms with Gasteiger partial charge in [0.25, 0.3) is 5.69 Å². The second-order valence-electron chi connectivity index (χ2n) is 6.73. The van der Waals surface area contributed by atoms with Crippen molar-refractivity contribution < 1.29 is 32.7 Å². The quantitative estimate of drug-likeness (QED) is 0.169. The summed E-state index contributed by atoms with van der Waals surface area (Å²) in [5, 5.41) is 10.7. The van der Waals surface area contributed by atoms with E-state index in [2.05, 4.69) is 4.74 Å². The van der Waals surface area contributed by atoms with E-state index in [4.69, 9.17) is 9.47 Å². The number of carbonyl (C=O) groups is 1. The maximum Gasteiger partial charge on any atom is 0.387 e. The van der Waals surface area contributed by atoms with E-state index in [0.29, 0.717) is 17.1 Å². The Morgan fingerprint density at radius 3 is 2.48 bits per heavy atom. The normalized spacial score (nSPS) is 10.9. The van der Waals surface area contributed by atoms with Crippen LogP contribution in [0.1, 0.15) is 21.5 Å². The third-order valence-electron chi connectivity index (χ3n) is 4.50. The van der Waals surface area contributed by atoms with E-state index in [9.17, 15) is 23.7 Å². The van der Waals surface area contributed by atoms with Crippen LogP contribution in [0.4, 0.5) is 14.5 Å². The zero-order valence-electron chi connectivity index (χ0n) is 17.4. The lowest BCUT2D eigenvalue weighted by Gasteiger charge is -2.11. The first-order valence-corrected chi connectivity index (χ1v) is 9.67. The number of halogens is 2. The number of hydrogen-bond donors (Lipinski definition) is 0. The molecule has 0 spiro atoms. The average Bonchev–Trinajstić information content (AvgIpc) is 2.81. The number of non-ortho nitro benzene ring substituents is 1. The van der Waals surface area contributed by atoms with Crippen LogP contribution < -0.4 is 14.2 Å². The molecule has 7 nitrogen and oxygen atoms in total. The number of alkyl halides is 2. The van der Waals surface area contributed by atoms with Gasteiger partial charge >= 0.3 is 6.61 Å². The van der Waals surface area contributed by atoms with Gasteiger partial charge in [0.2, 0.25) is 0 Å². The molecule has 0 saturated carbocycles. The van der Waals surface area contributed by atoms with Crippen molar-refractivity contribution >= 4 is 17.5 Å². The molecule has 0 heterocycles. The SMILES string of the molecule is COc1cc(/C=C/C(=O)c2cccc(OC(F)F)c2)ccc1OCc1ccc([N+](=O)[O-])cc1. The average molecular weight is 455 g/mol. The number of nitrogens with zero attached hydrogens (tertiary/aromatic N) is 1. The van der Waals surface area contributed by atoms with Gasteiger partial charge in [-0.05, 0) is 53.6 Å². The van der Waals surface area contributed by atoms with E-state index in [1.165, 1.54) is 49.6 Å². The van der Waals surface area contributed by atoms with Crippen LogP contribution in [0.2, 0.25) is 0 Å². The zero-order chi connectivity index (χ0) is 23.8.